The molecule has 0 saturated heterocycles. The molecule has 0 unspecified atom stereocenters. The van der Waals surface area contributed by atoms with Crippen molar-refractivity contribution in [1.29, 1.82) is 5.26 Å². The van der Waals surface area contributed by atoms with Crippen molar-refractivity contribution in [1.82, 2.24) is 4.98 Å². The lowest BCUT2D eigenvalue weighted by molar-refractivity contribution is -0.0885. The molecular formula is C8H2ClF3N2O. The molecule has 0 aliphatic heterocycles. The Morgan fingerprint density at radius 2 is 2.13 bits per heavy atom. The number of pyridine rings is 1. The Morgan fingerprint density at radius 1 is 1.53 bits per heavy atom. The van der Waals surface area contributed by atoms with E-state index in [-0.39, 0.29) is 5.56 Å². The number of alkyl halides is 3. The molecule has 0 N–H and O–H groups in total. The van der Waals surface area contributed by atoms with Crippen molar-refractivity contribution in [2.45, 2.75) is 6.18 Å². The van der Waals surface area contributed by atoms with Crippen LogP contribution in [-0.4, -0.2) is 16.9 Å². The van der Waals surface area contributed by atoms with Gasteiger partial charge in [-0.15, -0.1) is 0 Å². The monoisotopic (exact) mass is 234 g/mol. The third-order valence-corrected chi connectivity index (χ3v) is 1.77. The average molecular weight is 235 g/mol. The number of nitriles is 1. The number of carbonyl (C=O) groups excluding carboxylic acids is 1. The first kappa shape index (κ1) is 11.5. The molecule has 1 aromatic heterocycles. The van der Waals surface area contributed by atoms with Crippen LogP contribution in [0, 0.1) is 11.3 Å². The van der Waals surface area contributed by atoms with Gasteiger partial charge in [-0.05, 0) is 6.07 Å². The van der Waals surface area contributed by atoms with E-state index in [0.29, 0.717) is 0 Å². The fourth-order valence-electron chi connectivity index (χ4n) is 0.821. The number of aromatic nitrogens is 1. The summed E-state index contributed by atoms with van der Waals surface area (Å²) in [6, 6.07) is 2.32. The van der Waals surface area contributed by atoms with Crippen LogP contribution in [0.4, 0.5) is 13.2 Å². The molecule has 0 aliphatic rings. The molecule has 0 amide bonds. The summed E-state index contributed by atoms with van der Waals surface area (Å²) in [6.07, 6.45) is -4.05. The van der Waals surface area contributed by atoms with E-state index in [1.54, 1.807) is 6.07 Å². The zero-order valence-electron chi connectivity index (χ0n) is 6.97. The van der Waals surface area contributed by atoms with Gasteiger partial charge in [-0.25, -0.2) is 4.98 Å². The Labute approximate surface area is 87.1 Å². The van der Waals surface area contributed by atoms with E-state index in [0.717, 1.165) is 12.3 Å². The molecule has 0 spiro atoms. The molecule has 1 rings (SSSR count). The van der Waals surface area contributed by atoms with E-state index in [2.05, 4.69) is 4.98 Å². The van der Waals surface area contributed by atoms with Crippen molar-refractivity contribution in [3.63, 3.8) is 0 Å². The van der Waals surface area contributed by atoms with E-state index < -0.39 is 22.7 Å². The third kappa shape index (κ3) is 2.44. The summed E-state index contributed by atoms with van der Waals surface area (Å²) in [5.41, 5.74) is -0.977. The zero-order chi connectivity index (χ0) is 11.6. The van der Waals surface area contributed by atoms with Crippen molar-refractivity contribution >= 4 is 17.4 Å². The lowest BCUT2D eigenvalue weighted by atomic mass is 10.1. The van der Waals surface area contributed by atoms with Crippen LogP contribution in [0.25, 0.3) is 0 Å². The minimum absolute atomic E-state index is 0.160. The lowest BCUT2D eigenvalue weighted by Crippen LogP contribution is -2.23. The fourth-order valence-corrected chi connectivity index (χ4v) is 1.01. The van der Waals surface area contributed by atoms with Crippen LogP contribution in [0.3, 0.4) is 0 Å². The Balaban J connectivity index is 3.26. The van der Waals surface area contributed by atoms with Crippen LogP contribution >= 0.6 is 11.6 Å². The summed E-state index contributed by atoms with van der Waals surface area (Å²) in [4.78, 5) is 14.1. The molecule has 0 aliphatic carbocycles. The van der Waals surface area contributed by atoms with Gasteiger partial charge in [0.05, 0.1) is 11.1 Å². The number of halogens is 4. The lowest BCUT2D eigenvalue weighted by Gasteiger charge is -2.05. The number of carbonyl (C=O) groups is 1. The van der Waals surface area contributed by atoms with Gasteiger partial charge in [0.25, 0.3) is 5.78 Å². The molecule has 0 bridgehead atoms. The Kier molecular flexibility index (Phi) is 2.95. The van der Waals surface area contributed by atoms with Gasteiger partial charge in [-0.3, -0.25) is 4.79 Å². The maximum absolute atomic E-state index is 12.0. The second-order valence-electron chi connectivity index (χ2n) is 2.50. The second kappa shape index (κ2) is 3.87. The largest absolute Gasteiger partial charge is 0.454 e. The quantitative estimate of drug-likeness (QED) is 0.554. The summed E-state index contributed by atoms with van der Waals surface area (Å²) in [7, 11) is 0. The van der Waals surface area contributed by atoms with E-state index in [9.17, 15) is 18.0 Å². The third-order valence-electron chi connectivity index (χ3n) is 1.47. The van der Waals surface area contributed by atoms with Crippen LogP contribution in [0.2, 0.25) is 5.15 Å². The van der Waals surface area contributed by atoms with E-state index in [1.807, 2.05) is 0 Å². The van der Waals surface area contributed by atoms with Crippen molar-refractivity contribution < 1.29 is 18.0 Å². The van der Waals surface area contributed by atoms with Gasteiger partial charge in [0.2, 0.25) is 0 Å². The van der Waals surface area contributed by atoms with E-state index in [1.165, 1.54) is 0 Å². The smallest absolute Gasteiger partial charge is 0.284 e. The highest BCUT2D eigenvalue weighted by Crippen LogP contribution is 2.25. The van der Waals surface area contributed by atoms with Gasteiger partial charge in [0, 0.05) is 6.20 Å². The first-order valence-corrected chi connectivity index (χ1v) is 3.91. The predicted molar refractivity (Wildman–Crippen MR) is 44.3 cm³/mol. The molecule has 1 aromatic rings. The molecule has 0 fully saturated rings. The number of hydrogen-bond donors (Lipinski definition) is 0. The van der Waals surface area contributed by atoms with Gasteiger partial charge in [0.15, 0.2) is 0 Å². The number of nitrogens with zero attached hydrogens (tertiary/aromatic N) is 2. The summed E-state index contributed by atoms with van der Waals surface area (Å²) in [5, 5.41) is 7.84. The summed E-state index contributed by atoms with van der Waals surface area (Å²) < 4.78 is 36.1. The molecule has 15 heavy (non-hydrogen) atoms. The Bertz CT molecular complexity index is 450. The molecule has 0 atom stereocenters. The summed E-state index contributed by atoms with van der Waals surface area (Å²) in [6.45, 7) is 0. The van der Waals surface area contributed by atoms with Gasteiger partial charge < -0.3 is 0 Å². The van der Waals surface area contributed by atoms with Crippen molar-refractivity contribution in [2.24, 2.45) is 0 Å². The van der Waals surface area contributed by atoms with Crippen LogP contribution in [0.15, 0.2) is 12.3 Å². The molecule has 0 radical (unpaired) electrons. The molecule has 1 heterocycles. The average Bonchev–Trinajstić information content (AvgIpc) is 2.16. The highest BCUT2D eigenvalue weighted by atomic mass is 35.5. The van der Waals surface area contributed by atoms with E-state index >= 15 is 0 Å². The van der Waals surface area contributed by atoms with Crippen LogP contribution in [0.5, 0.6) is 0 Å². The van der Waals surface area contributed by atoms with E-state index in [4.69, 9.17) is 16.9 Å². The molecule has 7 heteroatoms. The SMILES string of the molecule is N#Cc1cnc(Cl)c(C(=O)C(F)(F)F)c1. The molecule has 0 aromatic carbocycles. The highest BCUT2D eigenvalue weighted by Gasteiger charge is 2.40. The maximum Gasteiger partial charge on any atom is 0.454 e. The predicted octanol–water partition coefficient (Wildman–Crippen LogP) is 2.35. The fraction of sp³-hybridized carbons (Fsp3) is 0.125. The van der Waals surface area contributed by atoms with Gasteiger partial charge in [0.1, 0.15) is 11.2 Å². The normalized spacial score (nSPS) is 10.9. The van der Waals surface area contributed by atoms with Crippen LogP contribution < -0.4 is 0 Å². The number of rotatable bonds is 1. The Morgan fingerprint density at radius 3 is 2.60 bits per heavy atom. The first-order valence-electron chi connectivity index (χ1n) is 3.53. The Hall–Kier alpha value is -1.61. The minimum Gasteiger partial charge on any atom is -0.284 e. The highest BCUT2D eigenvalue weighted by molar-refractivity contribution is 6.33. The molecule has 0 saturated carbocycles. The number of hydrogen-bond acceptors (Lipinski definition) is 3. The topological polar surface area (TPSA) is 53.8 Å². The first-order chi connectivity index (χ1) is 6.86. The van der Waals surface area contributed by atoms with Crippen molar-refractivity contribution in [2.75, 3.05) is 0 Å². The van der Waals surface area contributed by atoms with Gasteiger partial charge >= 0.3 is 6.18 Å². The second-order valence-corrected chi connectivity index (χ2v) is 2.86. The molecular weight excluding hydrogens is 233 g/mol. The summed E-state index contributed by atoms with van der Waals surface area (Å²) >= 11 is 5.31. The maximum atomic E-state index is 12.0. The minimum atomic E-state index is -5.03. The van der Waals surface area contributed by atoms with Crippen molar-refractivity contribution in [3.8, 4) is 6.07 Å². The van der Waals surface area contributed by atoms with Gasteiger partial charge in [-0.1, -0.05) is 11.6 Å². The van der Waals surface area contributed by atoms with Crippen molar-refractivity contribution in [3.05, 3.63) is 28.5 Å². The molecule has 3 nitrogen and oxygen atoms in total. The number of Topliss-reactive ketones (excluding diaryl/α,β-unsaturated/α-hetero) is 1. The zero-order valence-corrected chi connectivity index (χ0v) is 7.73. The van der Waals surface area contributed by atoms with Crippen LogP contribution in [0.1, 0.15) is 15.9 Å². The molecule has 78 valence electrons. The van der Waals surface area contributed by atoms with Gasteiger partial charge in [-0.2, -0.15) is 18.4 Å². The standard InChI is InChI=1S/C8H2ClF3N2O/c9-7-5(6(15)8(10,11)12)1-4(2-13)3-14-7/h1,3H. The van der Waals surface area contributed by atoms with Crippen LogP contribution in [-0.2, 0) is 0 Å². The summed E-state index contributed by atoms with van der Waals surface area (Å²) in [5.74, 6) is -2.11. The number of ketones is 1.